The van der Waals surface area contributed by atoms with Crippen molar-refractivity contribution in [2.45, 2.75) is 65.6 Å². The zero-order valence-corrected chi connectivity index (χ0v) is 11.5. The maximum absolute atomic E-state index is 3.72. The van der Waals surface area contributed by atoms with Crippen molar-refractivity contribution in [2.24, 2.45) is 5.41 Å². The van der Waals surface area contributed by atoms with Gasteiger partial charge < -0.3 is 9.88 Å². The Labute approximate surface area is 105 Å². The predicted molar refractivity (Wildman–Crippen MR) is 73.0 cm³/mol. The zero-order chi connectivity index (χ0) is 12.3. The molecule has 1 heterocycles. The standard InChI is InChI=1S/C15H26N2/c1-4-17-9-7-13(12-17)11-16-14-6-5-8-15(2,3)10-14/h7,9,12,14,16H,4-6,8,10-11H2,1-3H3. The second kappa shape index (κ2) is 5.26. The molecule has 2 nitrogen and oxygen atoms in total. The number of rotatable bonds is 4. The molecule has 0 aliphatic heterocycles. The number of nitrogens with zero attached hydrogens (tertiary/aromatic N) is 1. The second-order valence-electron chi connectivity index (χ2n) is 6.19. The highest BCUT2D eigenvalue weighted by Gasteiger charge is 2.27. The van der Waals surface area contributed by atoms with Gasteiger partial charge in [0, 0.05) is 31.5 Å². The molecule has 1 atom stereocenters. The summed E-state index contributed by atoms with van der Waals surface area (Å²) in [5.41, 5.74) is 1.95. The third kappa shape index (κ3) is 3.60. The number of hydrogen-bond acceptors (Lipinski definition) is 1. The van der Waals surface area contributed by atoms with E-state index in [1.807, 2.05) is 0 Å². The first-order chi connectivity index (χ1) is 8.09. The summed E-state index contributed by atoms with van der Waals surface area (Å²) in [4.78, 5) is 0. The number of nitrogens with one attached hydrogen (secondary N) is 1. The van der Waals surface area contributed by atoms with Crippen LogP contribution in [0.2, 0.25) is 0 Å². The summed E-state index contributed by atoms with van der Waals surface area (Å²) in [7, 11) is 0. The maximum Gasteiger partial charge on any atom is 0.0223 e. The smallest absolute Gasteiger partial charge is 0.0223 e. The van der Waals surface area contributed by atoms with E-state index in [4.69, 9.17) is 0 Å². The summed E-state index contributed by atoms with van der Waals surface area (Å²) in [5, 5.41) is 3.72. The van der Waals surface area contributed by atoms with Crippen LogP contribution in [0.5, 0.6) is 0 Å². The van der Waals surface area contributed by atoms with Crippen molar-refractivity contribution < 1.29 is 0 Å². The largest absolute Gasteiger partial charge is 0.354 e. The van der Waals surface area contributed by atoms with Crippen LogP contribution in [0.1, 0.15) is 52.0 Å². The van der Waals surface area contributed by atoms with E-state index in [0.717, 1.165) is 13.1 Å². The molecule has 1 saturated carbocycles. The minimum atomic E-state index is 0.533. The monoisotopic (exact) mass is 234 g/mol. The van der Waals surface area contributed by atoms with Crippen LogP contribution in [0.4, 0.5) is 0 Å². The van der Waals surface area contributed by atoms with Crippen molar-refractivity contribution in [2.75, 3.05) is 0 Å². The SMILES string of the molecule is CCn1ccc(CNC2CCCC(C)(C)C2)c1. The highest BCUT2D eigenvalue weighted by molar-refractivity contribution is 5.10. The van der Waals surface area contributed by atoms with E-state index >= 15 is 0 Å². The summed E-state index contributed by atoms with van der Waals surface area (Å²) < 4.78 is 2.24. The summed E-state index contributed by atoms with van der Waals surface area (Å²) in [6.45, 7) is 9.06. The molecule has 0 bridgehead atoms. The fraction of sp³-hybridized carbons (Fsp3) is 0.733. The first-order valence-electron chi connectivity index (χ1n) is 6.97. The van der Waals surface area contributed by atoms with Crippen LogP contribution < -0.4 is 5.32 Å². The van der Waals surface area contributed by atoms with E-state index < -0.39 is 0 Å². The molecule has 1 aromatic rings. The first-order valence-corrected chi connectivity index (χ1v) is 6.97. The highest BCUT2D eigenvalue weighted by atomic mass is 15.0. The van der Waals surface area contributed by atoms with Crippen LogP contribution in [-0.2, 0) is 13.1 Å². The van der Waals surface area contributed by atoms with E-state index in [1.165, 1.54) is 31.2 Å². The molecule has 1 N–H and O–H groups in total. The van der Waals surface area contributed by atoms with Gasteiger partial charge >= 0.3 is 0 Å². The summed E-state index contributed by atoms with van der Waals surface area (Å²) in [5.74, 6) is 0. The fourth-order valence-corrected chi connectivity index (χ4v) is 2.93. The van der Waals surface area contributed by atoms with Crippen molar-refractivity contribution >= 4 is 0 Å². The topological polar surface area (TPSA) is 17.0 Å². The highest BCUT2D eigenvalue weighted by Crippen LogP contribution is 2.35. The minimum absolute atomic E-state index is 0.533. The average Bonchev–Trinajstić information content (AvgIpc) is 2.73. The molecule has 2 rings (SSSR count). The number of aryl methyl sites for hydroxylation is 1. The Balaban J connectivity index is 1.81. The Morgan fingerprint density at radius 1 is 1.47 bits per heavy atom. The Morgan fingerprint density at radius 2 is 2.29 bits per heavy atom. The maximum atomic E-state index is 3.72. The molecule has 1 aromatic heterocycles. The van der Waals surface area contributed by atoms with Gasteiger partial charge in [-0.25, -0.2) is 0 Å². The van der Waals surface area contributed by atoms with Gasteiger partial charge in [-0.05, 0) is 43.2 Å². The van der Waals surface area contributed by atoms with Crippen molar-refractivity contribution in [3.05, 3.63) is 24.0 Å². The summed E-state index contributed by atoms with van der Waals surface area (Å²) in [6.07, 6.45) is 9.85. The van der Waals surface area contributed by atoms with E-state index in [0.29, 0.717) is 11.5 Å². The lowest BCUT2D eigenvalue weighted by Gasteiger charge is -2.35. The van der Waals surface area contributed by atoms with E-state index in [-0.39, 0.29) is 0 Å². The second-order valence-corrected chi connectivity index (χ2v) is 6.19. The minimum Gasteiger partial charge on any atom is -0.354 e. The van der Waals surface area contributed by atoms with Gasteiger partial charge in [-0.2, -0.15) is 0 Å². The van der Waals surface area contributed by atoms with Crippen LogP contribution in [0.3, 0.4) is 0 Å². The molecule has 96 valence electrons. The summed E-state index contributed by atoms with van der Waals surface area (Å²) >= 11 is 0. The Morgan fingerprint density at radius 3 is 2.94 bits per heavy atom. The van der Waals surface area contributed by atoms with Crippen molar-refractivity contribution in [1.82, 2.24) is 9.88 Å². The first kappa shape index (κ1) is 12.7. The quantitative estimate of drug-likeness (QED) is 0.843. The van der Waals surface area contributed by atoms with Gasteiger partial charge in [0.2, 0.25) is 0 Å². The Hall–Kier alpha value is -0.760. The molecule has 0 amide bonds. The molecular weight excluding hydrogens is 208 g/mol. The molecular formula is C15H26N2. The molecule has 0 saturated heterocycles. The van der Waals surface area contributed by atoms with Crippen LogP contribution in [0.25, 0.3) is 0 Å². The van der Waals surface area contributed by atoms with Crippen LogP contribution in [-0.4, -0.2) is 10.6 Å². The van der Waals surface area contributed by atoms with Crippen molar-refractivity contribution in [3.63, 3.8) is 0 Å². The Bertz CT molecular complexity index is 352. The number of aromatic nitrogens is 1. The molecule has 1 aliphatic carbocycles. The van der Waals surface area contributed by atoms with Gasteiger partial charge in [-0.3, -0.25) is 0 Å². The van der Waals surface area contributed by atoms with Crippen LogP contribution >= 0.6 is 0 Å². The molecule has 1 fully saturated rings. The molecule has 1 aliphatic rings. The third-order valence-electron chi connectivity index (χ3n) is 3.98. The van der Waals surface area contributed by atoms with Gasteiger partial charge in [0.25, 0.3) is 0 Å². The van der Waals surface area contributed by atoms with Gasteiger partial charge in [-0.15, -0.1) is 0 Å². The third-order valence-corrected chi connectivity index (χ3v) is 3.98. The van der Waals surface area contributed by atoms with E-state index in [2.05, 4.69) is 49.1 Å². The van der Waals surface area contributed by atoms with Gasteiger partial charge in [0.15, 0.2) is 0 Å². The molecule has 0 spiro atoms. The number of hydrogen-bond donors (Lipinski definition) is 1. The van der Waals surface area contributed by atoms with E-state index in [1.54, 1.807) is 0 Å². The molecule has 0 radical (unpaired) electrons. The fourth-order valence-electron chi connectivity index (χ4n) is 2.93. The van der Waals surface area contributed by atoms with Gasteiger partial charge in [-0.1, -0.05) is 20.3 Å². The lowest BCUT2D eigenvalue weighted by Crippen LogP contribution is -2.36. The lowest BCUT2D eigenvalue weighted by atomic mass is 9.75. The van der Waals surface area contributed by atoms with Crippen LogP contribution in [0.15, 0.2) is 18.5 Å². The zero-order valence-electron chi connectivity index (χ0n) is 11.5. The normalized spacial score (nSPS) is 23.8. The van der Waals surface area contributed by atoms with Crippen molar-refractivity contribution in [1.29, 1.82) is 0 Å². The van der Waals surface area contributed by atoms with E-state index in [9.17, 15) is 0 Å². The van der Waals surface area contributed by atoms with Crippen molar-refractivity contribution in [3.8, 4) is 0 Å². The molecule has 1 unspecified atom stereocenters. The molecule has 0 aromatic carbocycles. The Kier molecular flexibility index (Phi) is 3.93. The van der Waals surface area contributed by atoms with Gasteiger partial charge in [0.05, 0.1) is 0 Å². The lowest BCUT2D eigenvalue weighted by molar-refractivity contribution is 0.198. The van der Waals surface area contributed by atoms with Crippen LogP contribution in [0, 0.1) is 5.41 Å². The molecule has 17 heavy (non-hydrogen) atoms. The molecule has 2 heteroatoms. The average molecular weight is 234 g/mol. The summed E-state index contributed by atoms with van der Waals surface area (Å²) in [6, 6.07) is 2.94. The van der Waals surface area contributed by atoms with Gasteiger partial charge in [0.1, 0.15) is 0 Å². The predicted octanol–water partition coefficient (Wildman–Crippen LogP) is 3.57.